The second kappa shape index (κ2) is 5.41. The van der Waals surface area contributed by atoms with Crippen molar-refractivity contribution in [2.75, 3.05) is 19.0 Å². The van der Waals surface area contributed by atoms with E-state index in [2.05, 4.69) is 0 Å². The number of rotatable bonds is 3. The molecule has 0 bridgehead atoms. The van der Waals surface area contributed by atoms with E-state index in [1.54, 1.807) is 11.8 Å². The Morgan fingerprint density at radius 1 is 1.58 bits per heavy atom. The maximum atomic E-state index is 8.45. The Hall–Kier alpha value is -0.240. The lowest BCUT2D eigenvalue weighted by Crippen LogP contribution is -2.24. The zero-order valence-corrected chi connectivity index (χ0v) is 7.85. The summed E-state index contributed by atoms with van der Waals surface area (Å²) in [6.45, 7) is 1.72. The van der Waals surface area contributed by atoms with E-state index in [0.29, 0.717) is 5.25 Å². The molecule has 0 amide bonds. The second-order valence-corrected chi connectivity index (χ2v) is 4.21. The van der Waals surface area contributed by atoms with Crippen LogP contribution in [0.5, 0.6) is 0 Å². The minimum absolute atomic E-state index is 0.308. The lowest BCUT2D eigenvalue weighted by atomic mass is 10.2. The van der Waals surface area contributed by atoms with Crippen molar-refractivity contribution in [2.45, 2.75) is 24.1 Å². The zero-order chi connectivity index (χ0) is 8.81. The van der Waals surface area contributed by atoms with Gasteiger partial charge in [-0.15, -0.1) is 0 Å². The van der Waals surface area contributed by atoms with E-state index in [0.717, 1.165) is 31.8 Å². The summed E-state index contributed by atoms with van der Waals surface area (Å²) in [6.07, 6.45) is 2.20. The number of hydrogen-bond acceptors (Lipinski definition) is 4. The second-order valence-electron chi connectivity index (χ2n) is 2.88. The average Bonchev–Trinajstić information content (AvgIpc) is 2.16. The predicted octanol–water partition coefficient (Wildman–Crippen LogP) is 0.749. The molecule has 12 heavy (non-hydrogen) atoms. The summed E-state index contributed by atoms with van der Waals surface area (Å²) in [5.41, 5.74) is 5.48. The van der Waals surface area contributed by atoms with Gasteiger partial charge in [0.1, 0.15) is 6.04 Å². The molecule has 2 N–H and O–H groups in total. The molecule has 1 atom stereocenters. The van der Waals surface area contributed by atoms with Crippen molar-refractivity contribution < 1.29 is 4.74 Å². The SMILES string of the molecule is N#CC(N)CSC1CCOCC1. The topological polar surface area (TPSA) is 59.0 Å². The number of ether oxygens (including phenoxy) is 1. The van der Waals surface area contributed by atoms with Crippen molar-refractivity contribution in [3.05, 3.63) is 0 Å². The van der Waals surface area contributed by atoms with Gasteiger partial charge in [-0.05, 0) is 12.8 Å². The number of nitriles is 1. The van der Waals surface area contributed by atoms with Gasteiger partial charge in [0.15, 0.2) is 0 Å². The molecule has 0 radical (unpaired) electrons. The number of nitrogens with zero attached hydrogens (tertiary/aromatic N) is 1. The van der Waals surface area contributed by atoms with Gasteiger partial charge in [-0.2, -0.15) is 17.0 Å². The standard InChI is InChI=1S/C8H14N2OS/c9-5-7(10)6-12-8-1-3-11-4-2-8/h7-8H,1-4,6,10H2. The van der Waals surface area contributed by atoms with E-state index in [1.807, 2.05) is 6.07 Å². The number of nitrogens with two attached hydrogens (primary N) is 1. The Morgan fingerprint density at radius 3 is 2.83 bits per heavy atom. The summed E-state index contributed by atoms with van der Waals surface area (Å²) < 4.78 is 5.22. The first-order valence-electron chi connectivity index (χ1n) is 4.17. The molecule has 4 heteroatoms. The van der Waals surface area contributed by atoms with Crippen LogP contribution in [0.1, 0.15) is 12.8 Å². The van der Waals surface area contributed by atoms with Crippen LogP contribution in [0.2, 0.25) is 0 Å². The predicted molar refractivity (Wildman–Crippen MR) is 49.9 cm³/mol. The van der Waals surface area contributed by atoms with Crippen LogP contribution in [0, 0.1) is 11.3 Å². The van der Waals surface area contributed by atoms with Crippen LogP contribution in [-0.2, 0) is 4.74 Å². The van der Waals surface area contributed by atoms with Gasteiger partial charge >= 0.3 is 0 Å². The highest BCUT2D eigenvalue weighted by atomic mass is 32.2. The fourth-order valence-electron chi connectivity index (χ4n) is 1.12. The molecule has 1 fully saturated rings. The minimum Gasteiger partial charge on any atom is -0.381 e. The van der Waals surface area contributed by atoms with E-state index in [4.69, 9.17) is 15.7 Å². The summed E-state index contributed by atoms with van der Waals surface area (Å²) in [4.78, 5) is 0. The molecule has 68 valence electrons. The Kier molecular flexibility index (Phi) is 4.44. The van der Waals surface area contributed by atoms with E-state index in [-0.39, 0.29) is 6.04 Å². The molecule has 3 nitrogen and oxygen atoms in total. The van der Waals surface area contributed by atoms with Crippen molar-refractivity contribution in [3.8, 4) is 6.07 Å². The summed E-state index contributed by atoms with van der Waals surface area (Å²) >= 11 is 1.80. The van der Waals surface area contributed by atoms with E-state index in [9.17, 15) is 0 Å². The molecule has 1 unspecified atom stereocenters. The highest BCUT2D eigenvalue weighted by Gasteiger charge is 2.14. The van der Waals surface area contributed by atoms with Crippen molar-refractivity contribution in [1.82, 2.24) is 0 Å². The lowest BCUT2D eigenvalue weighted by molar-refractivity contribution is 0.100. The summed E-state index contributed by atoms with van der Waals surface area (Å²) in [7, 11) is 0. The van der Waals surface area contributed by atoms with Crippen LogP contribution < -0.4 is 5.73 Å². The third-order valence-electron chi connectivity index (χ3n) is 1.85. The summed E-state index contributed by atoms with van der Waals surface area (Å²) in [5.74, 6) is 0.751. The quantitative estimate of drug-likeness (QED) is 0.706. The third-order valence-corrected chi connectivity index (χ3v) is 3.34. The van der Waals surface area contributed by atoms with Crippen LogP contribution in [0.4, 0.5) is 0 Å². The first kappa shape index (κ1) is 9.85. The fraction of sp³-hybridized carbons (Fsp3) is 0.875. The van der Waals surface area contributed by atoms with E-state index < -0.39 is 0 Å². The molecule has 1 aliphatic heterocycles. The largest absolute Gasteiger partial charge is 0.381 e. The zero-order valence-electron chi connectivity index (χ0n) is 7.03. The average molecular weight is 186 g/mol. The van der Waals surface area contributed by atoms with Gasteiger partial charge in [-0.1, -0.05) is 0 Å². The third kappa shape index (κ3) is 3.44. The molecule has 0 aromatic rings. The van der Waals surface area contributed by atoms with Crippen LogP contribution in [0.25, 0.3) is 0 Å². The molecule has 1 saturated heterocycles. The van der Waals surface area contributed by atoms with Crippen LogP contribution in [0.3, 0.4) is 0 Å². The minimum atomic E-state index is -0.308. The van der Waals surface area contributed by atoms with Gasteiger partial charge in [-0.3, -0.25) is 0 Å². The molecular formula is C8H14N2OS. The van der Waals surface area contributed by atoms with Gasteiger partial charge in [0, 0.05) is 24.2 Å². The van der Waals surface area contributed by atoms with Crippen LogP contribution in [0.15, 0.2) is 0 Å². The maximum Gasteiger partial charge on any atom is 0.102 e. The lowest BCUT2D eigenvalue weighted by Gasteiger charge is -2.21. The highest BCUT2D eigenvalue weighted by molar-refractivity contribution is 7.99. The Labute approximate surface area is 77.3 Å². The van der Waals surface area contributed by atoms with Crippen molar-refractivity contribution in [3.63, 3.8) is 0 Å². The summed E-state index contributed by atoms with van der Waals surface area (Å²) in [6, 6.07) is 1.72. The van der Waals surface area contributed by atoms with Gasteiger partial charge in [-0.25, -0.2) is 0 Å². The van der Waals surface area contributed by atoms with E-state index >= 15 is 0 Å². The van der Waals surface area contributed by atoms with E-state index in [1.165, 1.54) is 0 Å². The Morgan fingerprint density at radius 2 is 2.25 bits per heavy atom. The first-order chi connectivity index (χ1) is 5.83. The van der Waals surface area contributed by atoms with Crippen molar-refractivity contribution in [2.24, 2.45) is 5.73 Å². The van der Waals surface area contributed by atoms with Crippen LogP contribution >= 0.6 is 11.8 Å². The molecule has 0 aromatic carbocycles. The molecule has 0 aromatic heterocycles. The molecule has 0 saturated carbocycles. The normalized spacial score (nSPS) is 21.7. The first-order valence-corrected chi connectivity index (χ1v) is 5.22. The Balaban J connectivity index is 2.10. The van der Waals surface area contributed by atoms with Crippen LogP contribution in [-0.4, -0.2) is 30.3 Å². The van der Waals surface area contributed by atoms with Crippen molar-refractivity contribution in [1.29, 1.82) is 5.26 Å². The summed E-state index contributed by atoms with van der Waals surface area (Å²) in [5, 5.41) is 9.10. The molecule has 0 spiro atoms. The molecule has 0 aliphatic carbocycles. The number of hydrogen-bond donors (Lipinski definition) is 1. The van der Waals surface area contributed by atoms with Gasteiger partial charge in [0.25, 0.3) is 0 Å². The fourth-order valence-corrected chi connectivity index (χ4v) is 2.20. The molecule has 1 rings (SSSR count). The molecule has 1 heterocycles. The number of thioether (sulfide) groups is 1. The highest BCUT2D eigenvalue weighted by Crippen LogP contribution is 2.21. The van der Waals surface area contributed by atoms with Gasteiger partial charge < -0.3 is 10.5 Å². The molecule has 1 aliphatic rings. The van der Waals surface area contributed by atoms with Crippen molar-refractivity contribution >= 4 is 11.8 Å². The monoisotopic (exact) mass is 186 g/mol. The Bertz CT molecular complexity index is 163. The van der Waals surface area contributed by atoms with Gasteiger partial charge in [0.2, 0.25) is 0 Å². The maximum absolute atomic E-state index is 8.45. The van der Waals surface area contributed by atoms with Gasteiger partial charge in [0.05, 0.1) is 6.07 Å². The smallest absolute Gasteiger partial charge is 0.102 e. The molecular weight excluding hydrogens is 172 g/mol.